The number of hydrogen-bond donors (Lipinski definition) is 3. The molecule has 1 unspecified atom stereocenters. The monoisotopic (exact) mass is 905 g/mol. The summed E-state index contributed by atoms with van der Waals surface area (Å²) in [6, 6.07) is 17.3. The van der Waals surface area contributed by atoms with Crippen molar-refractivity contribution in [2.24, 2.45) is 0 Å². The molecule has 14 nitrogen and oxygen atoms in total. The molecule has 4 aliphatic heterocycles. The molecule has 1 atom stereocenters. The Bertz CT molecular complexity index is 2520. The van der Waals surface area contributed by atoms with Crippen molar-refractivity contribution in [3.05, 3.63) is 88.1 Å². The minimum absolute atomic E-state index is 0.178. The van der Waals surface area contributed by atoms with Crippen LogP contribution in [0.1, 0.15) is 73.0 Å². The van der Waals surface area contributed by atoms with Gasteiger partial charge < -0.3 is 29.7 Å². The Morgan fingerprint density at radius 2 is 1.72 bits per heavy atom. The van der Waals surface area contributed by atoms with E-state index in [1.165, 1.54) is 11.3 Å². The number of imide groups is 1. The largest absolute Gasteiger partial charge is 0.492 e. The first kappa shape index (κ1) is 45.1. The van der Waals surface area contributed by atoms with Crippen molar-refractivity contribution >= 4 is 70.6 Å². The van der Waals surface area contributed by atoms with E-state index in [9.17, 15) is 18.9 Å². The maximum Gasteiger partial charge on any atom is 0.255 e. The second kappa shape index (κ2) is 19.7. The molecule has 0 spiro atoms. The van der Waals surface area contributed by atoms with Crippen molar-refractivity contribution in [2.75, 3.05) is 81.3 Å². The van der Waals surface area contributed by atoms with Crippen LogP contribution in [0.25, 0.3) is 0 Å². The van der Waals surface area contributed by atoms with Crippen molar-refractivity contribution in [2.45, 2.75) is 71.0 Å². The predicted molar refractivity (Wildman–Crippen MR) is 253 cm³/mol. The van der Waals surface area contributed by atoms with E-state index in [0.717, 1.165) is 99.4 Å². The fourth-order valence-electron chi connectivity index (χ4n) is 9.27. The molecule has 3 saturated heterocycles. The summed E-state index contributed by atoms with van der Waals surface area (Å²) in [5.74, 6) is 7.30. The Kier molecular flexibility index (Phi) is 13.9. The Morgan fingerprint density at radius 1 is 0.938 bits per heavy atom. The second-order valence-corrected chi connectivity index (χ2v) is 20.7. The number of carbonyl (C=O) groups excluding carboxylic acids is 3. The zero-order chi connectivity index (χ0) is 45.0. The highest BCUT2D eigenvalue weighted by molar-refractivity contribution is 7.70. The number of piperazine rings is 1. The Labute approximate surface area is 380 Å². The molecule has 0 aliphatic carbocycles. The van der Waals surface area contributed by atoms with Gasteiger partial charge in [-0.15, -0.1) is 0 Å². The number of aromatic nitrogens is 2. The Morgan fingerprint density at radius 3 is 2.45 bits per heavy atom. The van der Waals surface area contributed by atoms with E-state index in [0.29, 0.717) is 53.7 Å². The molecule has 8 rings (SSSR count). The molecular formula is C48H57ClN9O5P. The average Bonchev–Trinajstić information content (AvgIpc) is 3.62. The number of nitrogens with zero attached hydrogens (tertiary/aromatic N) is 6. The van der Waals surface area contributed by atoms with Gasteiger partial charge in [-0.25, -0.2) is 4.98 Å². The third kappa shape index (κ3) is 10.1. The summed E-state index contributed by atoms with van der Waals surface area (Å²) in [5, 5.41) is 10.1. The van der Waals surface area contributed by atoms with Gasteiger partial charge in [0.05, 0.1) is 24.2 Å². The van der Waals surface area contributed by atoms with Gasteiger partial charge in [-0.05, 0) is 87.4 Å². The van der Waals surface area contributed by atoms with Gasteiger partial charge in [-0.1, -0.05) is 48.6 Å². The van der Waals surface area contributed by atoms with Crippen LogP contribution in [-0.2, 0) is 27.1 Å². The number of rotatable bonds is 13. The number of benzene rings is 3. The summed E-state index contributed by atoms with van der Waals surface area (Å²) in [6.07, 6.45) is 5.88. The fourth-order valence-corrected chi connectivity index (χ4v) is 10.6. The van der Waals surface area contributed by atoms with Crippen LogP contribution in [-0.4, -0.2) is 120 Å². The summed E-state index contributed by atoms with van der Waals surface area (Å²) < 4.78 is 19.2. The Balaban J connectivity index is 0.838. The molecule has 4 aromatic rings. The summed E-state index contributed by atoms with van der Waals surface area (Å²) in [6.45, 7) is 15.4. The predicted octanol–water partition coefficient (Wildman–Crippen LogP) is 6.62. The molecule has 0 bridgehead atoms. The first-order valence-corrected chi connectivity index (χ1v) is 25.4. The molecule has 4 aliphatic rings. The number of piperidine rings is 2. The average molecular weight is 906 g/mol. The smallest absolute Gasteiger partial charge is 0.255 e. The standard InChI is InChI=1S/C48H57ClN9O5P/c1-5-32-28-39(52-48-50-30-37(49)45(54-48)51-38-15-7-8-16-43(38)64(3,4)62)42(63-6-2)29-41(32)57-22-19-34(20-23-57)56-26-24-55(25-27-56)21-10-9-12-33-13-11-14-35-36(33)31-58(47(35)61)40-17-18-44(59)53-46(40)60/h7-8,11,13-16,28-30,34,40H,5-6,10,17-27,31H2,1-4H3,(H,53,59,60)(H2,50,51,52,54). The van der Waals surface area contributed by atoms with Crippen molar-refractivity contribution in [3.63, 3.8) is 0 Å². The number of anilines is 5. The van der Waals surface area contributed by atoms with Crippen LogP contribution < -0.4 is 30.9 Å². The first-order valence-electron chi connectivity index (χ1n) is 22.4. The molecule has 3 amide bonds. The highest BCUT2D eigenvalue weighted by Crippen LogP contribution is 2.40. The number of ether oxygens (including phenoxy) is 1. The van der Waals surface area contributed by atoms with Gasteiger partial charge in [0.25, 0.3) is 5.91 Å². The number of fused-ring (bicyclic) bond motifs is 1. The normalized spacial score (nSPS) is 18.6. The summed E-state index contributed by atoms with van der Waals surface area (Å²) in [7, 11) is -2.56. The Hall–Kier alpha value is -5.45. The van der Waals surface area contributed by atoms with E-state index in [1.54, 1.807) is 30.5 Å². The van der Waals surface area contributed by atoms with Gasteiger partial charge in [-0.2, -0.15) is 4.98 Å². The minimum atomic E-state index is -2.56. The van der Waals surface area contributed by atoms with E-state index >= 15 is 0 Å². The summed E-state index contributed by atoms with van der Waals surface area (Å²) in [5.41, 5.74) is 6.15. The van der Waals surface area contributed by atoms with Crippen molar-refractivity contribution < 1.29 is 23.7 Å². The zero-order valence-corrected chi connectivity index (χ0v) is 38.7. The first-order chi connectivity index (χ1) is 30.9. The lowest BCUT2D eigenvalue weighted by Crippen LogP contribution is -2.53. The fraction of sp³-hybridized carbons (Fsp3) is 0.438. The molecule has 3 fully saturated rings. The van der Waals surface area contributed by atoms with Crippen LogP contribution in [0.4, 0.5) is 28.8 Å². The maximum absolute atomic E-state index is 13.2. The van der Waals surface area contributed by atoms with E-state index in [-0.39, 0.29) is 18.2 Å². The molecule has 16 heteroatoms. The van der Waals surface area contributed by atoms with Gasteiger partial charge in [0.2, 0.25) is 17.8 Å². The number of para-hydroxylation sites is 1. The molecule has 3 N–H and O–H groups in total. The number of amides is 3. The van der Waals surface area contributed by atoms with Crippen LogP contribution in [0.15, 0.2) is 60.8 Å². The zero-order valence-electron chi connectivity index (χ0n) is 37.1. The molecule has 64 heavy (non-hydrogen) atoms. The van der Waals surface area contributed by atoms with E-state index in [2.05, 4.69) is 66.5 Å². The van der Waals surface area contributed by atoms with Crippen LogP contribution in [0.5, 0.6) is 5.75 Å². The van der Waals surface area contributed by atoms with Crippen molar-refractivity contribution in [3.8, 4) is 17.6 Å². The summed E-state index contributed by atoms with van der Waals surface area (Å²) >= 11 is 6.55. The number of carbonyl (C=O) groups is 3. The maximum atomic E-state index is 13.2. The van der Waals surface area contributed by atoms with Crippen molar-refractivity contribution in [1.82, 2.24) is 30.0 Å². The van der Waals surface area contributed by atoms with Gasteiger partial charge in [0.15, 0.2) is 5.82 Å². The van der Waals surface area contributed by atoms with E-state index in [4.69, 9.17) is 21.3 Å². The van der Waals surface area contributed by atoms with Gasteiger partial charge in [-0.3, -0.25) is 29.5 Å². The van der Waals surface area contributed by atoms with Gasteiger partial charge >= 0.3 is 0 Å². The quantitative estimate of drug-likeness (QED) is 0.0752. The molecule has 0 radical (unpaired) electrons. The van der Waals surface area contributed by atoms with Gasteiger partial charge in [0.1, 0.15) is 24.0 Å². The van der Waals surface area contributed by atoms with Crippen LogP contribution >= 0.6 is 18.7 Å². The number of halogens is 1. The number of aryl methyl sites for hydroxylation is 1. The number of nitrogens with one attached hydrogen (secondary N) is 3. The van der Waals surface area contributed by atoms with Crippen LogP contribution in [0.3, 0.4) is 0 Å². The minimum Gasteiger partial charge on any atom is -0.492 e. The molecule has 3 aromatic carbocycles. The topological polar surface area (TPSA) is 152 Å². The lowest BCUT2D eigenvalue weighted by Gasteiger charge is -2.43. The van der Waals surface area contributed by atoms with E-state index < -0.39 is 19.1 Å². The highest BCUT2D eigenvalue weighted by atomic mass is 35.5. The third-order valence-electron chi connectivity index (χ3n) is 12.7. The third-order valence-corrected chi connectivity index (χ3v) is 14.5. The van der Waals surface area contributed by atoms with Crippen LogP contribution in [0.2, 0.25) is 5.02 Å². The lowest BCUT2D eigenvalue weighted by molar-refractivity contribution is -0.136. The summed E-state index contributed by atoms with van der Waals surface area (Å²) in [4.78, 5) is 55.8. The number of hydrogen-bond acceptors (Lipinski definition) is 12. The second-order valence-electron chi connectivity index (χ2n) is 17.2. The molecule has 0 saturated carbocycles. The van der Waals surface area contributed by atoms with Crippen LogP contribution in [0, 0.1) is 11.8 Å². The molecule has 1 aromatic heterocycles. The van der Waals surface area contributed by atoms with Crippen molar-refractivity contribution in [1.29, 1.82) is 0 Å². The molecule has 5 heterocycles. The SMILES string of the molecule is CCOc1cc(N2CCC(N3CCN(CCC#Cc4cccc5c4CN(C4CCC(=O)NC4=O)C5=O)CC3)CC2)c(CC)cc1Nc1ncc(Cl)c(Nc2ccccc2P(C)(C)=O)n1. The molecule has 336 valence electrons. The lowest BCUT2D eigenvalue weighted by atomic mass is 9.99. The molecular weight excluding hydrogens is 849 g/mol. The highest BCUT2D eigenvalue weighted by Gasteiger charge is 2.40. The van der Waals surface area contributed by atoms with Gasteiger partial charge in [0, 0.05) is 99.4 Å². The van der Waals surface area contributed by atoms with E-state index in [1.807, 2.05) is 43.3 Å².